The van der Waals surface area contributed by atoms with Crippen molar-refractivity contribution in [2.45, 2.75) is 6.92 Å². The van der Waals surface area contributed by atoms with Crippen molar-refractivity contribution in [1.29, 1.82) is 0 Å². The average Bonchev–Trinajstić information content (AvgIpc) is 1.88. The number of aliphatic hydroxyl groups is 1. The minimum atomic E-state index is -0.611. The lowest BCUT2D eigenvalue weighted by Gasteiger charge is -1.70. The summed E-state index contributed by atoms with van der Waals surface area (Å²) >= 11 is 0. The molecule has 0 unspecified atom stereocenters. The first kappa shape index (κ1) is 13.2. The van der Waals surface area contributed by atoms with E-state index in [1.807, 2.05) is 19.1 Å². The number of hydrogen-bond acceptors (Lipinski definition) is 2. The highest BCUT2D eigenvalue weighted by Crippen LogP contribution is 1.72. The minimum Gasteiger partial charge on any atom is -0.392 e. The zero-order valence-electron chi connectivity index (χ0n) is 7.28. The maximum Gasteiger partial charge on any atom is 0.0615 e. The van der Waals surface area contributed by atoms with Crippen LogP contribution in [0.2, 0.25) is 0 Å². The maximum atomic E-state index is 9.56. The van der Waals surface area contributed by atoms with E-state index in [-0.39, 0.29) is 6.61 Å². The smallest absolute Gasteiger partial charge is 0.0615 e. The van der Waals surface area contributed by atoms with Crippen LogP contribution in [-0.4, -0.2) is 28.4 Å². The summed E-state index contributed by atoms with van der Waals surface area (Å²) in [6.07, 6.45) is 10.5. The van der Waals surface area contributed by atoms with Crippen LogP contribution >= 0.6 is 0 Å². The highest BCUT2D eigenvalue weighted by atomic mass is 32.2. The molecule has 0 fully saturated rings. The molecule has 0 aromatic carbocycles. The fourth-order valence-electron chi connectivity index (χ4n) is 0.251. The SMILES string of the molecule is CC=CC=CCO.CS(C)=O. The zero-order chi connectivity index (χ0) is 9.11. The molecule has 0 aromatic rings. The molecule has 3 heteroatoms. The molecule has 0 heterocycles. The Morgan fingerprint density at radius 3 is 2.09 bits per heavy atom. The zero-order valence-corrected chi connectivity index (χ0v) is 8.10. The Morgan fingerprint density at radius 1 is 1.36 bits per heavy atom. The third kappa shape index (κ3) is 42.9. The molecule has 0 amide bonds. The van der Waals surface area contributed by atoms with Crippen molar-refractivity contribution >= 4 is 10.8 Å². The van der Waals surface area contributed by atoms with Gasteiger partial charge in [0.15, 0.2) is 0 Å². The fourth-order valence-corrected chi connectivity index (χ4v) is 0.251. The van der Waals surface area contributed by atoms with Gasteiger partial charge in [0.2, 0.25) is 0 Å². The van der Waals surface area contributed by atoms with Crippen molar-refractivity contribution in [2.24, 2.45) is 0 Å². The van der Waals surface area contributed by atoms with Gasteiger partial charge in [-0.05, 0) is 6.92 Å². The second kappa shape index (κ2) is 12.3. The third-order valence-corrected chi connectivity index (χ3v) is 0.545. The molecule has 1 N–H and O–H groups in total. The summed E-state index contributed by atoms with van der Waals surface area (Å²) in [6, 6.07) is 0. The van der Waals surface area contributed by atoms with E-state index in [0.29, 0.717) is 0 Å². The van der Waals surface area contributed by atoms with Gasteiger partial charge in [0.05, 0.1) is 6.61 Å². The van der Waals surface area contributed by atoms with Crippen molar-refractivity contribution in [2.75, 3.05) is 19.1 Å². The normalized spacial score (nSPS) is 10.6. The molecule has 0 aliphatic heterocycles. The quantitative estimate of drug-likeness (QED) is 0.640. The first-order chi connectivity index (χ1) is 5.15. The molecular formula is C8H16O2S. The summed E-state index contributed by atoms with van der Waals surface area (Å²) in [7, 11) is -0.611. The number of allylic oxidation sites excluding steroid dienone is 3. The Kier molecular flexibility index (Phi) is 14.7. The van der Waals surface area contributed by atoms with Gasteiger partial charge in [-0.3, -0.25) is 4.21 Å². The molecule has 0 aromatic heterocycles. The molecule has 0 spiro atoms. The Morgan fingerprint density at radius 2 is 1.82 bits per heavy atom. The van der Waals surface area contributed by atoms with Gasteiger partial charge in [0.25, 0.3) is 0 Å². The van der Waals surface area contributed by atoms with Gasteiger partial charge in [-0.2, -0.15) is 0 Å². The monoisotopic (exact) mass is 176 g/mol. The molecule has 0 aliphatic rings. The molecule has 2 nitrogen and oxygen atoms in total. The summed E-state index contributed by atoms with van der Waals surface area (Å²) < 4.78 is 9.56. The standard InChI is InChI=1S/C6H10O.C2H6OS/c1-2-3-4-5-6-7;1-4(2)3/h2-5,7H,6H2,1H3;1-2H3. The molecule has 66 valence electrons. The fraction of sp³-hybridized carbons (Fsp3) is 0.500. The summed E-state index contributed by atoms with van der Waals surface area (Å²) in [5.74, 6) is 0. The van der Waals surface area contributed by atoms with Crippen molar-refractivity contribution in [3.8, 4) is 0 Å². The second-order valence-corrected chi connectivity index (χ2v) is 3.36. The first-order valence-electron chi connectivity index (χ1n) is 3.28. The summed E-state index contributed by atoms with van der Waals surface area (Å²) in [5, 5.41) is 8.17. The van der Waals surface area contributed by atoms with E-state index in [4.69, 9.17) is 5.11 Å². The van der Waals surface area contributed by atoms with Crippen LogP contribution in [0.1, 0.15) is 6.92 Å². The molecule has 0 radical (unpaired) electrons. The van der Waals surface area contributed by atoms with Gasteiger partial charge >= 0.3 is 0 Å². The lowest BCUT2D eigenvalue weighted by Crippen LogP contribution is -1.70. The Labute approximate surface area is 71.1 Å². The van der Waals surface area contributed by atoms with Gasteiger partial charge < -0.3 is 5.11 Å². The van der Waals surface area contributed by atoms with Gasteiger partial charge in [-0.15, -0.1) is 0 Å². The van der Waals surface area contributed by atoms with E-state index in [1.165, 1.54) is 0 Å². The van der Waals surface area contributed by atoms with Crippen LogP contribution in [0.3, 0.4) is 0 Å². The van der Waals surface area contributed by atoms with Gasteiger partial charge in [0.1, 0.15) is 0 Å². The van der Waals surface area contributed by atoms with Crippen molar-refractivity contribution < 1.29 is 9.32 Å². The van der Waals surface area contributed by atoms with Crippen molar-refractivity contribution in [1.82, 2.24) is 0 Å². The van der Waals surface area contributed by atoms with Crippen molar-refractivity contribution in [3.63, 3.8) is 0 Å². The molecule has 0 bridgehead atoms. The Balaban J connectivity index is 0. The van der Waals surface area contributed by atoms with Crippen LogP contribution in [0.25, 0.3) is 0 Å². The van der Waals surface area contributed by atoms with E-state index in [1.54, 1.807) is 24.7 Å². The molecule has 11 heavy (non-hydrogen) atoms. The largest absolute Gasteiger partial charge is 0.392 e. The van der Waals surface area contributed by atoms with Crippen LogP contribution in [0.15, 0.2) is 24.3 Å². The predicted octanol–water partition coefficient (Wildman–Crippen LogP) is 1.11. The lowest BCUT2D eigenvalue weighted by atomic mass is 10.4. The number of rotatable bonds is 2. The summed E-state index contributed by atoms with van der Waals surface area (Å²) in [4.78, 5) is 0. The van der Waals surface area contributed by atoms with E-state index >= 15 is 0 Å². The molecule has 0 saturated heterocycles. The van der Waals surface area contributed by atoms with Crippen LogP contribution in [0.5, 0.6) is 0 Å². The van der Waals surface area contributed by atoms with Gasteiger partial charge in [-0.25, -0.2) is 0 Å². The minimum absolute atomic E-state index is 0.129. The molecular weight excluding hydrogens is 160 g/mol. The second-order valence-electron chi connectivity index (χ2n) is 1.88. The Bertz CT molecular complexity index is 135. The predicted molar refractivity (Wildman–Crippen MR) is 51.0 cm³/mol. The van der Waals surface area contributed by atoms with Gasteiger partial charge in [0, 0.05) is 23.3 Å². The van der Waals surface area contributed by atoms with Crippen LogP contribution < -0.4 is 0 Å². The van der Waals surface area contributed by atoms with Crippen LogP contribution in [-0.2, 0) is 10.8 Å². The molecule has 0 aliphatic carbocycles. The van der Waals surface area contributed by atoms with E-state index in [2.05, 4.69) is 0 Å². The summed E-state index contributed by atoms with van der Waals surface area (Å²) in [5.41, 5.74) is 0. The molecule has 0 rings (SSSR count). The number of hydrogen-bond donors (Lipinski definition) is 1. The highest BCUT2D eigenvalue weighted by molar-refractivity contribution is 7.83. The topological polar surface area (TPSA) is 37.3 Å². The van der Waals surface area contributed by atoms with Crippen LogP contribution in [0.4, 0.5) is 0 Å². The highest BCUT2D eigenvalue weighted by Gasteiger charge is 1.58. The maximum absolute atomic E-state index is 9.56. The number of aliphatic hydroxyl groups excluding tert-OH is 1. The molecule has 0 atom stereocenters. The third-order valence-electron chi connectivity index (χ3n) is 0.545. The first-order valence-corrected chi connectivity index (χ1v) is 5.25. The summed E-state index contributed by atoms with van der Waals surface area (Å²) in [6.45, 7) is 2.06. The lowest BCUT2D eigenvalue weighted by molar-refractivity contribution is 0.343. The van der Waals surface area contributed by atoms with Crippen LogP contribution in [0, 0.1) is 0 Å². The van der Waals surface area contributed by atoms with Crippen molar-refractivity contribution in [3.05, 3.63) is 24.3 Å². The Hall–Kier alpha value is -0.410. The average molecular weight is 176 g/mol. The van der Waals surface area contributed by atoms with E-state index in [0.717, 1.165) is 0 Å². The van der Waals surface area contributed by atoms with E-state index < -0.39 is 10.8 Å². The molecule has 0 saturated carbocycles. The van der Waals surface area contributed by atoms with E-state index in [9.17, 15) is 4.21 Å². The van der Waals surface area contributed by atoms with Gasteiger partial charge in [-0.1, -0.05) is 24.3 Å².